The third-order valence-corrected chi connectivity index (χ3v) is 4.56. The van der Waals surface area contributed by atoms with Crippen molar-refractivity contribution in [3.63, 3.8) is 0 Å². The van der Waals surface area contributed by atoms with Crippen LogP contribution in [0.2, 0.25) is 0 Å². The summed E-state index contributed by atoms with van der Waals surface area (Å²) in [6.45, 7) is 0. The van der Waals surface area contributed by atoms with E-state index in [0.717, 1.165) is 22.0 Å². The highest BCUT2D eigenvalue weighted by Gasteiger charge is 2.16. The molecule has 134 valence electrons. The van der Waals surface area contributed by atoms with Crippen molar-refractivity contribution in [3.05, 3.63) is 72.4 Å². The number of rotatable bonds is 3. The number of carbonyl (C=O) groups is 1. The van der Waals surface area contributed by atoms with Crippen LogP contribution < -0.4 is 0 Å². The molecular weight excluding hydrogens is 356 g/mol. The number of pyridine rings is 2. The van der Waals surface area contributed by atoms with Gasteiger partial charge in [-0.1, -0.05) is 30.3 Å². The van der Waals surface area contributed by atoms with E-state index in [9.17, 15) is 4.79 Å². The van der Waals surface area contributed by atoms with Crippen LogP contribution in [0.1, 0.15) is 10.4 Å². The predicted molar refractivity (Wildman–Crippen MR) is 103 cm³/mol. The fraction of sp³-hybridized carbons (Fsp3) is 0. The number of nitrogens with zero attached hydrogens (tertiary/aromatic N) is 4. The van der Waals surface area contributed by atoms with Crippen LogP contribution in [0, 0.1) is 0 Å². The molecule has 0 atom stereocenters. The van der Waals surface area contributed by atoms with E-state index in [4.69, 9.17) is 14.7 Å². The molecule has 0 saturated heterocycles. The SMILES string of the molecule is O=C(O)c1ccc(-c2cc3cccnc3c(-c3cccc4nonc34)n2)cc1. The van der Waals surface area contributed by atoms with Gasteiger partial charge in [-0.3, -0.25) is 4.98 Å². The van der Waals surface area contributed by atoms with Crippen LogP contribution >= 0.6 is 0 Å². The summed E-state index contributed by atoms with van der Waals surface area (Å²) in [5.74, 6) is -0.965. The molecule has 3 heterocycles. The van der Waals surface area contributed by atoms with Gasteiger partial charge >= 0.3 is 5.97 Å². The van der Waals surface area contributed by atoms with E-state index in [1.807, 2.05) is 36.4 Å². The number of aromatic nitrogens is 4. The lowest BCUT2D eigenvalue weighted by Crippen LogP contribution is -1.96. The molecule has 0 aliphatic heterocycles. The summed E-state index contributed by atoms with van der Waals surface area (Å²) in [5, 5.41) is 17.9. The third-order valence-electron chi connectivity index (χ3n) is 4.56. The molecule has 0 amide bonds. The summed E-state index contributed by atoms with van der Waals surface area (Å²) in [7, 11) is 0. The lowest BCUT2D eigenvalue weighted by molar-refractivity contribution is 0.0697. The zero-order valence-electron chi connectivity index (χ0n) is 14.4. The molecular formula is C21H12N4O3. The second-order valence-electron chi connectivity index (χ2n) is 6.25. The van der Waals surface area contributed by atoms with E-state index in [0.29, 0.717) is 22.4 Å². The Hall–Kier alpha value is -4.13. The predicted octanol–water partition coefficient (Wildman–Crippen LogP) is 4.20. The Kier molecular flexibility index (Phi) is 3.58. The maximum atomic E-state index is 11.1. The molecule has 0 unspecified atom stereocenters. The van der Waals surface area contributed by atoms with Gasteiger partial charge in [-0.15, -0.1) is 0 Å². The zero-order chi connectivity index (χ0) is 19.1. The molecule has 0 aliphatic carbocycles. The number of hydrogen-bond acceptors (Lipinski definition) is 6. The smallest absolute Gasteiger partial charge is 0.335 e. The summed E-state index contributed by atoms with van der Waals surface area (Å²) >= 11 is 0. The number of hydrogen-bond donors (Lipinski definition) is 1. The second-order valence-corrected chi connectivity index (χ2v) is 6.25. The molecule has 0 saturated carbocycles. The lowest BCUT2D eigenvalue weighted by atomic mass is 10.0. The third kappa shape index (κ3) is 2.57. The molecule has 28 heavy (non-hydrogen) atoms. The molecule has 5 rings (SSSR count). The zero-order valence-corrected chi connectivity index (χ0v) is 14.4. The number of carboxylic acid groups (broad SMARTS) is 1. The highest BCUT2D eigenvalue weighted by Crippen LogP contribution is 2.33. The Labute approximate surface area is 158 Å². The van der Waals surface area contributed by atoms with Gasteiger partial charge in [0, 0.05) is 22.7 Å². The van der Waals surface area contributed by atoms with E-state index in [1.165, 1.54) is 0 Å². The molecule has 0 spiro atoms. The summed E-state index contributed by atoms with van der Waals surface area (Å²) in [6.07, 6.45) is 1.72. The van der Waals surface area contributed by atoms with Gasteiger partial charge < -0.3 is 5.11 Å². The molecule has 0 bridgehead atoms. The van der Waals surface area contributed by atoms with Crippen LogP contribution in [0.3, 0.4) is 0 Å². The summed E-state index contributed by atoms with van der Waals surface area (Å²) in [5.41, 5.74) is 5.17. The first-order valence-electron chi connectivity index (χ1n) is 8.52. The van der Waals surface area contributed by atoms with Crippen LogP contribution in [0.4, 0.5) is 0 Å². The molecule has 0 aliphatic rings. The standard InChI is InChI=1S/C21H12N4O3/c26-21(27)13-8-6-12(7-9-13)17-11-14-3-2-10-22-18(14)20(23-17)15-4-1-5-16-19(15)25-28-24-16/h1-11H,(H,26,27). The highest BCUT2D eigenvalue weighted by atomic mass is 16.6. The van der Waals surface area contributed by atoms with E-state index >= 15 is 0 Å². The second kappa shape index (κ2) is 6.24. The summed E-state index contributed by atoms with van der Waals surface area (Å²) in [4.78, 5) is 20.4. The van der Waals surface area contributed by atoms with Crippen molar-refractivity contribution in [2.75, 3.05) is 0 Å². The first-order chi connectivity index (χ1) is 13.7. The van der Waals surface area contributed by atoms with Gasteiger partial charge in [0.1, 0.15) is 11.0 Å². The van der Waals surface area contributed by atoms with Crippen molar-refractivity contribution in [1.82, 2.24) is 20.3 Å². The molecule has 1 N–H and O–H groups in total. The molecule has 7 heteroatoms. The molecule has 0 radical (unpaired) electrons. The highest BCUT2D eigenvalue weighted by molar-refractivity contribution is 6.00. The van der Waals surface area contributed by atoms with Crippen molar-refractivity contribution in [2.24, 2.45) is 0 Å². The topological polar surface area (TPSA) is 102 Å². The van der Waals surface area contributed by atoms with Gasteiger partial charge in [-0.2, -0.15) is 0 Å². The number of aromatic carboxylic acids is 1. The average Bonchev–Trinajstić information content (AvgIpc) is 3.22. The van der Waals surface area contributed by atoms with Crippen LogP contribution in [0.25, 0.3) is 44.5 Å². The van der Waals surface area contributed by atoms with Crippen molar-refractivity contribution >= 4 is 27.9 Å². The van der Waals surface area contributed by atoms with Crippen molar-refractivity contribution < 1.29 is 14.5 Å². The minimum absolute atomic E-state index is 0.227. The Bertz CT molecular complexity index is 1340. The van der Waals surface area contributed by atoms with E-state index in [-0.39, 0.29) is 5.56 Å². The molecule has 3 aromatic heterocycles. The van der Waals surface area contributed by atoms with Gasteiger partial charge in [0.15, 0.2) is 0 Å². The van der Waals surface area contributed by atoms with Crippen molar-refractivity contribution in [2.45, 2.75) is 0 Å². The number of carboxylic acids is 1. The van der Waals surface area contributed by atoms with Crippen molar-refractivity contribution in [3.8, 4) is 22.5 Å². The summed E-state index contributed by atoms with van der Waals surface area (Å²) < 4.78 is 4.89. The van der Waals surface area contributed by atoms with Gasteiger partial charge in [0.2, 0.25) is 0 Å². The van der Waals surface area contributed by atoms with Gasteiger partial charge in [0.05, 0.1) is 22.5 Å². The van der Waals surface area contributed by atoms with E-state index in [1.54, 1.807) is 30.5 Å². The minimum atomic E-state index is -0.965. The molecule has 0 fully saturated rings. The Morgan fingerprint density at radius 3 is 2.61 bits per heavy atom. The monoisotopic (exact) mass is 368 g/mol. The summed E-state index contributed by atoms with van der Waals surface area (Å²) in [6, 6.07) is 18.0. The first kappa shape index (κ1) is 16.1. The van der Waals surface area contributed by atoms with E-state index < -0.39 is 5.97 Å². The van der Waals surface area contributed by atoms with Gasteiger partial charge in [-0.25, -0.2) is 14.4 Å². The largest absolute Gasteiger partial charge is 0.478 e. The Morgan fingerprint density at radius 1 is 0.929 bits per heavy atom. The Balaban J connectivity index is 1.77. The Morgan fingerprint density at radius 2 is 1.79 bits per heavy atom. The fourth-order valence-corrected chi connectivity index (χ4v) is 3.20. The molecule has 5 aromatic rings. The maximum absolute atomic E-state index is 11.1. The molecule has 2 aromatic carbocycles. The van der Waals surface area contributed by atoms with E-state index in [2.05, 4.69) is 15.3 Å². The normalized spacial score (nSPS) is 11.1. The lowest BCUT2D eigenvalue weighted by Gasteiger charge is -2.09. The van der Waals surface area contributed by atoms with Crippen LogP contribution in [-0.4, -0.2) is 31.4 Å². The van der Waals surface area contributed by atoms with Crippen LogP contribution in [0.5, 0.6) is 0 Å². The minimum Gasteiger partial charge on any atom is -0.478 e. The fourth-order valence-electron chi connectivity index (χ4n) is 3.20. The molecule has 7 nitrogen and oxygen atoms in total. The number of fused-ring (bicyclic) bond motifs is 2. The van der Waals surface area contributed by atoms with Gasteiger partial charge in [-0.05, 0) is 40.6 Å². The van der Waals surface area contributed by atoms with Crippen LogP contribution in [0.15, 0.2) is 71.5 Å². The van der Waals surface area contributed by atoms with Crippen LogP contribution in [-0.2, 0) is 0 Å². The first-order valence-corrected chi connectivity index (χ1v) is 8.52. The number of benzene rings is 2. The average molecular weight is 368 g/mol. The van der Waals surface area contributed by atoms with Gasteiger partial charge in [0.25, 0.3) is 0 Å². The van der Waals surface area contributed by atoms with Crippen molar-refractivity contribution in [1.29, 1.82) is 0 Å². The maximum Gasteiger partial charge on any atom is 0.335 e. The quantitative estimate of drug-likeness (QED) is 0.509.